The highest BCUT2D eigenvalue weighted by atomic mass is 16.5. The molecule has 0 aliphatic heterocycles. The highest BCUT2D eigenvalue weighted by Crippen LogP contribution is 2.27. The number of carbonyl (C=O) groups excluding carboxylic acids is 1. The van der Waals surface area contributed by atoms with Gasteiger partial charge in [-0.2, -0.15) is 0 Å². The molecule has 3 nitrogen and oxygen atoms in total. The first-order chi connectivity index (χ1) is 9.70. The number of carbonyl (C=O) groups is 1. The van der Waals surface area contributed by atoms with Crippen LogP contribution in [-0.4, -0.2) is 19.5 Å². The molecule has 2 aromatic rings. The Hall–Kier alpha value is -2.29. The molecule has 0 unspecified atom stereocenters. The smallest absolute Gasteiger partial charge is 0.166 e. The molecule has 0 saturated heterocycles. The molecule has 3 heteroatoms. The molecule has 104 valence electrons. The lowest BCUT2D eigenvalue weighted by atomic mass is 10.1. The fraction of sp³-hybridized carbons (Fsp3) is 0.235. The normalized spacial score (nSPS) is 10.1. The Balaban J connectivity index is 1.92. The zero-order valence-corrected chi connectivity index (χ0v) is 11.8. The van der Waals surface area contributed by atoms with E-state index in [-0.39, 0.29) is 5.78 Å². The molecule has 0 N–H and O–H groups in total. The van der Waals surface area contributed by atoms with Crippen LogP contribution in [0.2, 0.25) is 0 Å². The van der Waals surface area contributed by atoms with E-state index in [4.69, 9.17) is 9.47 Å². The predicted octanol–water partition coefficient (Wildman–Crippen LogP) is 3.66. The van der Waals surface area contributed by atoms with E-state index < -0.39 is 0 Å². The number of hydrogen-bond acceptors (Lipinski definition) is 3. The van der Waals surface area contributed by atoms with E-state index in [1.807, 2.05) is 55.5 Å². The monoisotopic (exact) mass is 270 g/mol. The Labute approximate surface area is 119 Å². The maximum Gasteiger partial charge on any atom is 0.166 e. The van der Waals surface area contributed by atoms with Crippen LogP contribution in [0.5, 0.6) is 11.5 Å². The van der Waals surface area contributed by atoms with Gasteiger partial charge in [0.1, 0.15) is 0 Å². The summed E-state index contributed by atoms with van der Waals surface area (Å²) in [6.45, 7) is 2.33. The third kappa shape index (κ3) is 3.60. The summed E-state index contributed by atoms with van der Waals surface area (Å²) in [5.74, 6) is 1.44. The minimum Gasteiger partial charge on any atom is -0.493 e. The maximum atomic E-state index is 11.9. The van der Waals surface area contributed by atoms with Gasteiger partial charge in [0.2, 0.25) is 0 Å². The van der Waals surface area contributed by atoms with Crippen LogP contribution in [0.4, 0.5) is 0 Å². The first-order valence-corrected chi connectivity index (χ1v) is 6.56. The number of ether oxygens (including phenoxy) is 2. The van der Waals surface area contributed by atoms with Gasteiger partial charge in [0, 0.05) is 12.0 Å². The van der Waals surface area contributed by atoms with E-state index in [0.29, 0.717) is 30.1 Å². The molecule has 0 radical (unpaired) electrons. The molecular formula is C17H18O3. The van der Waals surface area contributed by atoms with Crippen molar-refractivity contribution < 1.29 is 14.3 Å². The average molecular weight is 270 g/mol. The van der Waals surface area contributed by atoms with Crippen molar-refractivity contribution in [1.82, 2.24) is 0 Å². The van der Waals surface area contributed by atoms with E-state index in [1.54, 1.807) is 7.11 Å². The van der Waals surface area contributed by atoms with Crippen molar-refractivity contribution in [3.05, 3.63) is 59.7 Å². The van der Waals surface area contributed by atoms with Crippen molar-refractivity contribution in [3.63, 3.8) is 0 Å². The molecule has 0 amide bonds. The summed E-state index contributed by atoms with van der Waals surface area (Å²) < 4.78 is 10.9. The summed E-state index contributed by atoms with van der Waals surface area (Å²) in [4.78, 5) is 11.9. The van der Waals surface area contributed by atoms with Gasteiger partial charge in [-0.1, -0.05) is 36.4 Å². The van der Waals surface area contributed by atoms with Gasteiger partial charge >= 0.3 is 0 Å². The van der Waals surface area contributed by atoms with E-state index in [1.165, 1.54) is 0 Å². The van der Waals surface area contributed by atoms with Gasteiger partial charge in [-0.05, 0) is 24.6 Å². The second kappa shape index (κ2) is 6.75. The number of hydrogen-bond donors (Lipinski definition) is 0. The lowest BCUT2D eigenvalue weighted by Crippen LogP contribution is -2.07. The number of aryl methyl sites for hydroxylation is 1. The number of ketones is 1. The first kappa shape index (κ1) is 14.1. The molecule has 20 heavy (non-hydrogen) atoms. The zero-order valence-electron chi connectivity index (χ0n) is 11.8. The minimum absolute atomic E-state index is 0.0803. The van der Waals surface area contributed by atoms with Crippen molar-refractivity contribution in [3.8, 4) is 11.5 Å². The molecule has 0 aliphatic carbocycles. The van der Waals surface area contributed by atoms with Gasteiger partial charge in [0.15, 0.2) is 17.3 Å². The Kier molecular flexibility index (Phi) is 4.77. The Bertz CT molecular complexity index is 576. The molecule has 0 bridgehead atoms. The second-order valence-corrected chi connectivity index (χ2v) is 4.54. The predicted molar refractivity (Wildman–Crippen MR) is 78.6 cm³/mol. The fourth-order valence-corrected chi connectivity index (χ4v) is 1.92. The number of rotatable bonds is 6. The van der Waals surface area contributed by atoms with Gasteiger partial charge < -0.3 is 9.47 Å². The summed E-state index contributed by atoms with van der Waals surface area (Å²) in [6.07, 6.45) is 0.348. The lowest BCUT2D eigenvalue weighted by Gasteiger charge is -2.11. The second-order valence-electron chi connectivity index (χ2n) is 4.54. The molecule has 0 heterocycles. The van der Waals surface area contributed by atoms with Gasteiger partial charge in [-0.25, -0.2) is 0 Å². The van der Waals surface area contributed by atoms with Gasteiger partial charge in [-0.3, -0.25) is 4.79 Å². The van der Waals surface area contributed by atoms with Crippen LogP contribution in [0.1, 0.15) is 22.3 Å². The Morgan fingerprint density at radius 2 is 1.80 bits per heavy atom. The molecular weight excluding hydrogens is 252 g/mol. The van der Waals surface area contributed by atoms with Crippen molar-refractivity contribution in [2.24, 2.45) is 0 Å². The number of methoxy groups -OCH3 is 1. The SMILES string of the molecule is COc1cc(C)ccc1OCCC(=O)c1ccccc1. The van der Waals surface area contributed by atoms with Crippen LogP contribution in [0.15, 0.2) is 48.5 Å². The summed E-state index contributed by atoms with van der Waals surface area (Å²) in [7, 11) is 1.61. The number of Topliss-reactive ketones (excluding diaryl/α,β-unsaturated/α-hetero) is 1. The van der Waals surface area contributed by atoms with E-state index in [0.717, 1.165) is 5.56 Å². The lowest BCUT2D eigenvalue weighted by molar-refractivity contribution is 0.0961. The van der Waals surface area contributed by atoms with Crippen molar-refractivity contribution in [2.45, 2.75) is 13.3 Å². The molecule has 0 aliphatic rings. The molecule has 0 atom stereocenters. The summed E-state index contributed by atoms with van der Waals surface area (Å²) in [5.41, 5.74) is 1.82. The Morgan fingerprint density at radius 3 is 2.50 bits per heavy atom. The van der Waals surface area contributed by atoms with Crippen LogP contribution >= 0.6 is 0 Å². The third-order valence-electron chi connectivity index (χ3n) is 3.00. The Morgan fingerprint density at radius 1 is 1.05 bits per heavy atom. The van der Waals surface area contributed by atoms with Crippen LogP contribution in [-0.2, 0) is 0 Å². The van der Waals surface area contributed by atoms with Gasteiger partial charge in [0.25, 0.3) is 0 Å². The highest BCUT2D eigenvalue weighted by molar-refractivity contribution is 5.96. The third-order valence-corrected chi connectivity index (χ3v) is 3.00. The first-order valence-electron chi connectivity index (χ1n) is 6.56. The molecule has 2 aromatic carbocycles. The van der Waals surface area contributed by atoms with Crippen molar-refractivity contribution >= 4 is 5.78 Å². The molecule has 2 rings (SSSR count). The van der Waals surface area contributed by atoms with Crippen LogP contribution < -0.4 is 9.47 Å². The van der Waals surface area contributed by atoms with Gasteiger partial charge in [0.05, 0.1) is 13.7 Å². The zero-order chi connectivity index (χ0) is 14.4. The molecule has 0 fully saturated rings. The van der Waals surface area contributed by atoms with Crippen molar-refractivity contribution in [2.75, 3.05) is 13.7 Å². The summed E-state index contributed by atoms with van der Waals surface area (Å²) in [6, 6.07) is 15.0. The number of benzene rings is 2. The van der Waals surface area contributed by atoms with Gasteiger partial charge in [-0.15, -0.1) is 0 Å². The highest BCUT2D eigenvalue weighted by Gasteiger charge is 2.07. The topological polar surface area (TPSA) is 35.5 Å². The quantitative estimate of drug-likeness (QED) is 0.751. The van der Waals surface area contributed by atoms with E-state index >= 15 is 0 Å². The average Bonchev–Trinajstić information content (AvgIpc) is 2.49. The largest absolute Gasteiger partial charge is 0.493 e. The van der Waals surface area contributed by atoms with E-state index in [9.17, 15) is 4.79 Å². The van der Waals surface area contributed by atoms with Crippen LogP contribution in [0, 0.1) is 6.92 Å². The maximum absolute atomic E-state index is 11.9. The molecule has 0 spiro atoms. The van der Waals surface area contributed by atoms with Crippen molar-refractivity contribution in [1.29, 1.82) is 0 Å². The van der Waals surface area contributed by atoms with E-state index in [2.05, 4.69) is 0 Å². The standard InChI is InChI=1S/C17H18O3/c1-13-8-9-16(17(12-13)19-2)20-11-10-15(18)14-6-4-3-5-7-14/h3-9,12H,10-11H2,1-2H3. The van der Waals surface area contributed by atoms with Crippen LogP contribution in [0.25, 0.3) is 0 Å². The summed E-state index contributed by atoms with van der Waals surface area (Å²) >= 11 is 0. The van der Waals surface area contributed by atoms with Crippen LogP contribution in [0.3, 0.4) is 0 Å². The molecule has 0 saturated carbocycles. The fourth-order valence-electron chi connectivity index (χ4n) is 1.92. The summed E-state index contributed by atoms with van der Waals surface area (Å²) in [5, 5.41) is 0. The molecule has 0 aromatic heterocycles. The minimum atomic E-state index is 0.0803.